The van der Waals surface area contributed by atoms with Gasteiger partial charge in [-0.15, -0.1) is 0 Å². The van der Waals surface area contributed by atoms with Crippen LogP contribution in [-0.2, 0) is 77.4 Å². The van der Waals surface area contributed by atoms with E-state index >= 15 is 9.59 Å². The molecule has 6 aromatic carbocycles. The van der Waals surface area contributed by atoms with Gasteiger partial charge in [0.25, 0.3) is 5.91 Å². The highest BCUT2D eigenvalue weighted by atomic mass is 16.6. The lowest BCUT2D eigenvalue weighted by Gasteiger charge is -2.42. The van der Waals surface area contributed by atoms with Gasteiger partial charge in [-0.3, -0.25) is 39.7 Å². The average Bonchev–Trinajstić information content (AvgIpc) is 1.05. The first-order chi connectivity index (χ1) is 41.6. The van der Waals surface area contributed by atoms with Crippen LogP contribution in [0.3, 0.4) is 0 Å². The van der Waals surface area contributed by atoms with Crippen molar-refractivity contribution in [2.45, 2.75) is 103 Å². The van der Waals surface area contributed by atoms with Crippen molar-refractivity contribution < 1.29 is 62.4 Å². The smallest absolute Gasteiger partial charge is 0.414 e. The number of ether oxygens (including phenoxy) is 4. The van der Waals surface area contributed by atoms with E-state index in [1.807, 2.05) is 42.5 Å². The van der Waals surface area contributed by atoms with Gasteiger partial charge in [0.15, 0.2) is 0 Å². The number of fused-ring (bicyclic) bond motifs is 1. The molecule has 0 aromatic heterocycles. The quantitative estimate of drug-likeness (QED) is 0.0115. The van der Waals surface area contributed by atoms with Gasteiger partial charge in [0.1, 0.15) is 56.3 Å². The van der Waals surface area contributed by atoms with Crippen LogP contribution in [0.1, 0.15) is 71.6 Å². The molecule has 0 aliphatic carbocycles. The number of primary amides is 1. The van der Waals surface area contributed by atoms with Crippen molar-refractivity contribution in [2.24, 2.45) is 16.6 Å². The zero-order valence-corrected chi connectivity index (χ0v) is 47.8. The first-order valence-corrected chi connectivity index (χ1v) is 28.1. The van der Waals surface area contributed by atoms with Gasteiger partial charge in [-0.05, 0) is 83.5 Å². The molecule has 0 saturated heterocycles. The second-order valence-corrected chi connectivity index (χ2v) is 20.4. The van der Waals surface area contributed by atoms with E-state index in [9.17, 15) is 33.9 Å². The highest BCUT2D eigenvalue weighted by Crippen LogP contribution is 2.37. The zero-order valence-electron chi connectivity index (χ0n) is 47.8. The Balaban J connectivity index is 1.12. The van der Waals surface area contributed by atoms with Crippen molar-refractivity contribution in [1.82, 2.24) is 31.9 Å². The molecule has 0 fully saturated rings. The van der Waals surface area contributed by atoms with Gasteiger partial charge in [-0.1, -0.05) is 159 Å². The third-order valence-electron chi connectivity index (χ3n) is 13.9. The van der Waals surface area contributed by atoms with Crippen LogP contribution in [0.15, 0.2) is 169 Å². The molecular formula is C64H71N9O13. The van der Waals surface area contributed by atoms with E-state index in [1.54, 1.807) is 123 Å². The Labute approximate surface area is 498 Å². The minimum Gasteiger partial charge on any atom is -0.508 e. The standard InChI is InChI=1S/C64H71N9O13/c1-42(20-18-33-67-61(79)83-38-45-23-10-4-11-24-45)55(58(77)68-52(56(65)75)35-44-21-8-3-9-22-44)73-54-36-49(74)34-43(2)50(54)37-53(59(73)78)69-57(76)51(70-62(80)84-39-46-25-12-5-13-26-46)31-19-32-66-60(71-63(81)85-40-47-27-14-6-15-28-47)72-64(82)86-41-48-29-16-7-17-30-48/h3-17,21-30,34,36,42,51-53,55,74H,18-20,31-33,35,37-41H2,1-2H3,(H2,65,75)(H,67,79)(H,68,77)(H,69,76)(H,70,80)(H2,66,71,72,81,82)/t42-,51?,52-,53-,55-/m0/s1. The Kier molecular flexibility index (Phi) is 24.0. The molecule has 86 heavy (non-hydrogen) atoms. The van der Waals surface area contributed by atoms with Crippen LogP contribution in [0.2, 0.25) is 0 Å². The number of aromatic hydroxyl groups is 1. The number of carbonyl (C=O) groups is 8. The molecule has 5 atom stereocenters. The molecule has 0 saturated carbocycles. The van der Waals surface area contributed by atoms with Gasteiger partial charge in [0.2, 0.25) is 23.7 Å². The summed E-state index contributed by atoms with van der Waals surface area (Å²) in [6, 6.07) is 42.0. The molecule has 22 heteroatoms. The Bertz CT molecular complexity index is 3210. The molecule has 9 N–H and O–H groups in total. The number of benzene rings is 6. The number of hydrogen-bond acceptors (Lipinski definition) is 14. The van der Waals surface area contributed by atoms with E-state index < -0.39 is 78.1 Å². The number of aliphatic imine (C=N–C) groups is 1. The Hall–Kier alpha value is -10.3. The van der Waals surface area contributed by atoms with Gasteiger partial charge in [-0.2, -0.15) is 0 Å². The van der Waals surface area contributed by atoms with E-state index in [0.717, 1.165) is 5.56 Å². The molecule has 7 rings (SSSR count). The van der Waals surface area contributed by atoms with Gasteiger partial charge in [0.05, 0.1) is 5.69 Å². The van der Waals surface area contributed by atoms with E-state index in [1.165, 1.54) is 17.0 Å². The van der Waals surface area contributed by atoms with Crippen molar-refractivity contribution in [3.05, 3.63) is 203 Å². The highest BCUT2D eigenvalue weighted by Gasteiger charge is 2.44. The number of phenols is 1. The maximum atomic E-state index is 15.4. The number of phenolic OH excluding ortho intramolecular Hbond substituents is 1. The second-order valence-electron chi connectivity index (χ2n) is 20.4. The minimum absolute atomic E-state index is 0.0194. The fourth-order valence-corrected chi connectivity index (χ4v) is 9.50. The SMILES string of the molecule is Cc1cc(O)cc2c1C[C@H](NC(=O)C(CCCN=C(NC(=O)OCc1ccccc1)NC(=O)OCc1ccccc1)NC(=O)OCc1ccccc1)C(=O)N2[C@H](C(=O)N[C@@H](Cc1ccccc1)C(N)=O)[C@@H](C)CCCNC(=O)OCc1ccccc1. The lowest BCUT2D eigenvalue weighted by Crippen LogP contribution is -2.63. The van der Waals surface area contributed by atoms with Crippen LogP contribution in [-0.4, -0.2) is 96.3 Å². The van der Waals surface area contributed by atoms with E-state index in [-0.39, 0.29) is 89.0 Å². The summed E-state index contributed by atoms with van der Waals surface area (Å²) in [4.78, 5) is 116. The zero-order chi connectivity index (χ0) is 61.2. The van der Waals surface area contributed by atoms with Gasteiger partial charge in [-0.25, -0.2) is 19.2 Å². The number of anilines is 1. The summed E-state index contributed by atoms with van der Waals surface area (Å²) in [5, 5.41) is 26.9. The monoisotopic (exact) mass is 1170 g/mol. The number of nitrogens with zero attached hydrogens (tertiary/aromatic N) is 2. The second kappa shape index (κ2) is 32.6. The molecule has 0 radical (unpaired) electrons. The van der Waals surface area contributed by atoms with Crippen LogP contribution < -0.4 is 42.5 Å². The fraction of sp³-hybridized carbons (Fsp3) is 0.297. The number of hydrogen-bond donors (Lipinski definition) is 8. The Morgan fingerprint density at radius 2 is 1.08 bits per heavy atom. The number of alkyl carbamates (subject to hydrolysis) is 4. The molecule has 0 bridgehead atoms. The van der Waals surface area contributed by atoms with Crippen molar-refractivity contribution in [1.29, 1.82) is 0 Å². The van der Waals surface area contributed by atoms with E-state index in [4.69, 9.17) is 24.7 Å². The summed E-state index contributed by atoms with van der Waals surface area (Å²) < 4.78 is 21.6. The molecule has 1 heterocycles. The number of carbonyl (C=O) groups excluding carboxylic acids is 8. The lowest BCUT2D eigenvalue weighted by atomic mass is 9.87. The summed E-state index contributed by atoms with van der Waals surface area (Å²) in [5.74, 6) is -4.47. The van der Waals surface area contributed by atoms with Gasteiger partial charge >= 0.3 is 24.4 Å². The van der Waals surface area contributed by atoms with Crippen molar-refractivity contribution in [2.75, 3.05) is 18.0 Å². The van der Waals surface area contributed by atoms with Crippen molar-refractivity contribution in [3.63, 3.8) is 0 Å². The van der Waals surface area contributed by atoms with Crippen LogP contribution >= 0.6 is 0 Å². The molecule has 450 valence electrons. The maximum absolute atomic E-state index is 15.4. The topological polar surface area (TPSA) is 308 Å². The largest absolute Gasteiger partial charge is 0.508 e. The summed E-state index contributed by atoms with van der Waals surface area (Å²) in [6.45, 7) is 3.09. The first kappa shape index (κ1) is 63.3. The molecule has 22 nitrogen and oxygen atoms in total. The molecular weight excluding hydrogens is 1100 g/mol. The third kappa shape index (κ3) is 20.0. The predicted octanol–water partition coefficient (Wildman–Crippen LogP) is 7.28. The number of amides is 8. The number of aryl methyl sites for hydroxylation is 1. The maximum Gasteiger partial charge on any atom is 0.414 e. The number of nitrogens with one attached hydrogen (secondary N) is 6. The third-order valence-corrected chi connectivity index (χ3v) is 13.9. The summed E-state index contributed by atoms with van der Waals surface area (Å²) in [5.41, 5.74) is 10.6. The van der Waals surface area contributed by atoms with E-state index in [2.05, 4.69) is 36.9 Å². The van der Waals surface area contributed by atoms with Crippen LogP contribution in [0.4, 0.5) is 24.9 Å². The number of rotatable bonds is 26. The predicted molar refractivity (Wildman–Crippen MR) is 319 cm³/mol. The molecule has 1 aliphatic rings. The lowest BCUT2D eigenvalue weighted by molar-refractivity contribution is -0.132. The average molecular weight is 1170 g/mol. The summed E-state index contributed by atoms with van der Waals surface area (Å²) >= 11 is 0. The van der Waals surface area contributed by atoms with Crippen LogP contribution in [0.25, 0.3) is 0 Å². The first-order valence-electron chi connectivity index (χ1n) is 28.1. The van der Waals surface area contributed by atoms with Crippen molar-refractivity contribution in [3.8, 4) is 5.75 Å². The summed E-state index contributed by atoms with van der Waals surface area (Å²) in [6.07, 6.45) is -3.22. The molecule has 1 aliphatic heterocycles. The fourth-order valence-electron chi connectivity index (χ4n) is 9.50. The highest BCUT2D eigenvalue weighted by molar-refractivity contribution is 6.08. The van der Waals surface area contributed by atoms with Crippen LogP contribution in [0.5, 0.6) is 5.75 Å². The molecule has 6 aromatic rings. The molecule has 1 unspecified atom stereocenters. The van der Waals surface area contributed by atoms with E-state index in [0.29, 0.717) is 39.8 Å². The Morgan fingerprint density at radius 3 is 1.58 bits per heavy atom. The number of guanidine groups is 1. The summed E-state index contributed by atoms with van der Waals surface area (Å²) in [7, 11) is 0. The normalized spacial score (nSPS) is 13.8. The van der Waals surface area contributed by atoms with Crippen LogP contribution in [0, 0.1) is 12.8 Å². The molecule has 0 spiro atoms. The van der Waals surface area contributed by atoms with Crippen molar-refractivity contribution >= 4 is 59.6 Å². The molecule has 8 amide bonds. The minimum atomic E-state index is -1.41. The Morgan fingerprint density at radius 1 is 0.605 bits per heavy atom. The van der Waals surface area contributed by atoms with Gasteiger partial charge < -0.3 is 51.1 Å². The number of nitrogens with two attached hydrogens (primary N) is 1. The van der Waals surface area contributed by atoms with Gasteiger partial charge in [0, 0.05) is 32.0 Å².